The lowest BCUT2D eigenvalue weighted by Gasteiger charge is -2.15. The van der Waals surface area contributed by atoms with Gasteiger partial charge in [-0.15, -0.1) is 0 Å². The van der Waals surface area contributed by atoms with Gasteiger partial charge in [-0.3, -0.25) is 9.48 Å². The molecule has 1 unspecified atom stereocenters. The van der Waals surface area contributed by atoms with E-state index in [4.69, 9.17) is 18.0 Å². The fraction of sp³-hybridized carbons (Fsp3) is 0.214. The molecule has 0 bridgehead atoms. The molecular formula is C14H16N4OS. The Kier molecular flexibility index (Phi) is 4.47. The summed E-state index contributed by atoms with van der Waals surface area (Å²) < 4.78 is 1.68. The van der Waals surface area contributed by atoms with Crippen LogP contribution in [0.4, 0.5) is 0 Å². The van der Waals surface area contributed by atoms with E-state index in [9.17, 15) is 4.79 Å². The van der Waals surface area contributed by atoms with Crippen molar-refractivity contribution in [1.29, 1.82) is 0 Å². The van der Waals surface area contributed by atoms with Crippen molar-refractivity contribution in [3.05, 3.63) is 53.9 Å². The highest BCUT2D eigenvalue weighted by atomic mass is 32.1. The number of benzene rings is 1. The summed E-state index contributed by atoms with van der Waals surface area (Å²) in [5, 5.41) is 7.01. The zero-order valence-electron chi connectivity index (χ0n) is 11.1. The van der Waals surface area contributed by atoms with E-state index >= 15 is 0 Å². The topological polar surface area (TPSA) is 72.9 Å². The van der Waals surface area contributed by atoms with Crippen molar-refractivity contribution in [3.63, 3.8) is 0 Å². The van der Waals surface area contributed by atoms with Gasteiger partial charge in [-0.25, -0.2) is 0 Å². The van der Waals surface area contributed by atoms with E-state index in [1.807, 2.05) is 49.6 Å². The van der Waals surface area contributed by atoms with Crippen molar-refractivity contribution in [2.75, 3.05) is 0 Å². The Morgan fingerprint density at radius 3 is 2.65 bits per heavy atom. The van der Waals surface area contributed by atoms with Crippen LogP contribution in [0.2, 0.25) is 0 Å². The van der Waals surface area contributed by atoms with Gasteiger partial charge < -0.3 is 11.1 Å². The van der Waals surface area contributed by atoms with Crippen molar-refractivity contribution in [2.45, 2.75) is 12.5 Å². The summed E-state index contributed by atoms with van der Waals surface area (Å²) in [4.78, 5) is 12.4. The van der Waals surface area contributed by atoms with Gasteiger partial charge in [-0.1, -0.05) is 42.5 Å². The van der Waals surface area contributed by atoms with Crippen LogP contribution in [-0.4, -0.2) is 20.7 Å². The molecule has 2 aromatic rings. The van der Waals surface area contributed by atoms with Crippen molar-refractivity contribution in [3.8, 4) is 0 Å². The van der Waals surface area contributed by atoms with Crippen LogP contribution in [0, 0.1) is 0 Å². The summed E-state index contributed by atoms with van der Waals surface area (Å²) in [6.07, 6.45) is 1.82. The molecular weight excluding hydrogens is 272 g/mol. The van der Waals surface area contributed by atoms with E-state index < -0.39 is 5.92 Å². The molecule has 0 saturated carbocycles. The molecule has 0 saturated heterocycles. The van der Waals surface area contributed by atoms with Gasteiger partial charge in [0.15, 0.2) is 0 Å². The highest BCUT2D eigenvalue weighted by molar-refractivity contribution is 7.80. The smallest absolute Gasteiger partial charge is 0.234 e. The predicted molar refractivity (Wildman–Crippen MR) is 81.0 cm³/mol. The molecule has 0 aliphatic carbocycles. The number of aryl methyl sites for hydroxylation is 1. The number of aromatic nitrogens is 2. The SMILES string of the molecule is Cn1ccc(CNC(=O)C(C(N)=S)c2ccccc2)n1. The Labute approximate surface area is 122 Å². The van der Waals surface area contributed by atoms with E-state index in [0.29, 0.717) is 6.54 Å². The maximum atomic E-state index is 12.3. The standard InChI is InChI=1S/C14H16N4OS/c1-18-8-7-11(17-18)9-16-14(19)12(13(15)20)10-5-3-2-4-6-10/h2-8,12H,9H2,1H3,(H2,15,20)(H,16,19). The number of rotatable bonds is 5. The number of hydrogen-bond donors (Lipinski definition) is 2. The van der Waals surface area contributed by atoms with E-state index in [1.165, 1.54) is 0 Å². The maximum absolute atomic E-state index is 12.3. The maximum Gasteiger partial charge on any atom is 0.234 e. The second-order valence-corrected chi connectivity index (χ2v) is 4.92. The van der Waals surface area contributed by atoms with Crippen LogP contribution in [0.15, 0.2) is 42.6 Å². The fourth-order valence-corrected chi connectivity index (χ4v) is 2.17. The number of thiocarbonyl (C=S) groups is 1. The van der Waals surface area contributed by atoms with E-state index in [1.54, 1.807) is 4.68 Å². The van der Waals surface area contributed by atoms with Crippen LogP contribution in [0.5, 0.6) is 0 Å². The summed E-state index contributed by atoms with van der Waals surface area (Å²) in [6, 6.07) is 11.1. The summed E-state index contributed by atoms with van der Waals surface area (Å²) >= 11 is 5.01. The quantitative estimate of drug-likeness (QED) is 0.808. The lowest BCUT2D eigenvalue weighted by molar-refractivity contribution is -0.121. The van der Waals surface area contributed by atoms with Crippen LogP contribution < -0.4 is 11.1 Å². The Morgan fingerprint density at radius 2 is 2.10 bits per heavy atom. The average Bonchev–Trinajstić information content (AvgIpc) is 2.83. The van der Waals surface area contributed by atoms with Gasteiger partial charge in [-0.05, 0) is 11.6 Å². The molecule has 1 amide bonds. The highest BCUT2D eigenvalue weighted by Crippen LogP contribution is 2.16. The predicted octanol–water partition coefficient (Wildman–Crippen LogP) is 1.11. The Bertz CT molecular complexity index is 609. The summed E-state index contributed by atoms with van der Waals surface area (Å²) in [5.74, 6) is -0.829. The van der Waals surface area contributed by atoms with Gasteiger partial charge in [-0.2, -0.15) is 5.10 Å². The Balaban J connectivity index is 2.06. The number of carbonyl (C=O) groups excluding carboxylic acids is 1. The van der Waals surface area contributed by atoms with Gasteiger partial charge in [0.05, 0.1) is 17.2 Å². The molecule has 20 heavy (non-hydrogen) atoms. The van der Waals surface area contributed by atoms with Crippen LogP contribution in [0.1, 0.15) is 17.2 Å². The van der Waals surface area contributed by atoms with Crippen LogP contribution in [0.3, 0.4) is 0 Å². The number of nitrogens with one attached hydrogen (secondary N) is 1. The van der Waals surface area contributed by atoms with Gasteiger partial charge in [0.2, 0.25) is 5.91 Å². The number of hydrogen-bond acceptors (Lipinski definition) is 3. The molecule has 104 valence electrons. The van der Waals surface area contributed by atoms with Crippen molar-refractivity contribution < 1.29 is 4.79 Å². The summed E-state index contributed by atoms with van der Waals surface area (Å²) in [6.45, 7) is 0.353. The molecule has 0 aliphatic rings. The second kappa shape index (κ2) is 6.29. The highest BCUT2D eigenvalue weighted by Gasteiger charge is 2.23. The third-order valence-corrected chi connectivity index (χ3v) is 3.13. The lowest BCUT2D eigenvalue weighted by Crippen LogP contribution is -2.36. The van der Waals surface area contributed by atoms with Gasteiger partial charge in [0.1, 0.15) is 5.92 Å². The molecule has 3 N–H and O–H groups in total. The monoisotopic (exact) mass is 288 g/mol. The van der Waals surface area contributed by atoms with Crippen molar-refractivity contribution >= 4 is 23.1 Å². The normalized spacial score (nSPS) is 11.8. The summed E-state index contributed by atoms with van der Waals surface area (Å²) in [7, 11) is 1.83. The molecule has 5 nitrogen and oxygen atoms in total. The van der Waals surface area contributed by atoms with Crippen molar-refractivity contribution in [1.82, 2.24) is 15.1 Å². The third kappa shape index (κ3) is 3.42. The van der Waals surface area contributed by atoms with Gasteiger partial charge >= 0.3 is 0 Å². The minimum absolute atomic E-state index is 0.162. The lowest BCUT2D eigenvalue weighted by atomic mass is 9.98. The largest absolute Gasteiger partial charge is 0.392 e. The van der Waals surface area contributed by atoms with E-state index in [2.05, 4.69) is 10.4 Å². The van der Waals surface area contributed by atoms with Gasteiger partial charge in [0, 0.05) is 13.2 Å². The van der Waals surface area contributed by atoms with Crippen molar-refractivity contribution in [2.24, 2.45) is 12.8 Å². The molecule has 0 aliphatic heterocycles. The Morgan fingerprint density at radius 1 is 1.40 bits per heavy atom. The van der Waals surface area contributed by atoms with E-state index in [-0.39, 0.29) is 10.9 Å². The first kappa shape index (κ1) is 14.2. The number of amides is 1. The molecule has 6 heteroatoms. The Hall–Kier alpha value is -2.21. The zero-order valence-corrected chi connectivity index (χ0v) is 11.9. The molecule has 2 rings (SSSR count). The molecule has 1 aromatic carbocycles. The van der Waals surface area contributed by atoms with Crippen LogP contribution >= 0.6 is 12.2 Å². The van der Waals surface area contributed by atoms with Gasteiger partial charge in [0.25, 0.3) is 0 Å². The van der Waals surface area contributed by atoms with Crippen LogP contribution in [-0.2, 0) is 18.4 Å². The number of carbonyl (C=O) groups is 1. The molecule has 0 fully saturated rings. The molecule has 0 radical (unpaired) electrons. The number of nitrogens with zero attached hydrogens (tertiary/aromatic N) is 2. The fourth-order valence-electron chi connectivity index (χ4n) is 1.93. The molecule has 0 spiro atoms. The number of nitrogens with two attached hydrogens (primary N) is 1. The minimum Gasteiger partial charge on any atom is -0.392 e. The first-order valence-corrected chi connectivity index (χ1v) is 6.59. The third-order valence-electron chi connectivity index (χ3n) is 2.89. The minimum atomic E-state index is -0.616. The molecule has 1 heterocycles. The first-order valence-electron chi connectivity index (χ1n) is 6.18. The van der Waals surface area contributed by atoms with Crippen LogP contribution in [0.25, 0.3) is 0 Å². The second-order valence-electron chi connectivity index (χ2n) is 4.44. The first-order chi connectivity index (χ1) is 9.58. The average molecular weight is 288 g/mol. The zero-order chi connectivity index (χ0) is 14.5. The molecule has 1 aromatic heterocycles. The van der Waals surface area contributed by atoms with E-state index in [0.717, 1.165) is 11.3 Å². The molecule has 1 atom stereocenters. The summed E-state index contributed by atoms with van der Waals surface area (Å²) in [5.41, 5.74) is 7.27.